The number of esters is 1. The van der Waals surface area contributed by atoms with Gasteiger partial charge in [0.1, 0.15) is 6.54 Å². The highest BCUT2D eigenvalue weighted by molar-refractivity contribution is 9.09. The highest BCUT2D eigenvalue weighted by atomic mass is 79.9. The highest BCUT2D eigenvalue weighted by Gasteiger charge is 2.09. The molecule has 0 saturated heterocycles. The molecule has 0 spiro atoms. The Morgan fingerprint density at radius 1 is 1.38 bits per heavy atom. The summed E-state index contributed by atoms with van der Waals surface area (Å²) in [7, 11) is 1.22. The van der Waals surface area contributed by atoms with E-state index in [1.807, 2.05) is 0 Å². The van der Waals surface area contributed by atoms with E-state index in [-0.39, 0.29) is 24.1 Å². The molecule has 13 heavy (non-hydrogen) atoms. The second-order valence-electron chi connectivity index (χ2n) is 2.20. The number of ketones is 1. The summed E-state index contributed by atoms with van der Waals surface area (Å²) >= 11 is 2.92. The third-order valence-electron chi connectivity index (χ3n) is 1.16. The average molecular weight is 252 g/mol. The first kappa shape index (κ1) is 12.1. The molecule has 6 heteroatoms. The van der Waals surface area contributed by atoms with E-state index in [1.165, 1.54) is 7.11 Å². The highest BCUT2D eigenvalue weighted by Crippen LogP contribution is 1.88. The molecule has 74 valence electrons. The zero-order valence-electron chi connectivity index (χ0n) is 7.13. The maximum Gasteiger partial charge on any atom is 0.325 e. The van der Waals surface area contributed by atoms with Crippen molar-refractivity contribution in [1.29, 1.82) is 0 Å². The molecule has 0 aliphatic heterocycles. The molecule has 0 heterocycles. The Bertz CT molecular complexity index is 217. The van der Waals surface area contributed by atoms with E-state index in [9.17, 15) is 14.4 Å². The summed E-state index contributed by atoms with van der Waals surface area (Å²) in [6, 6.07) is 0. The molecular formula is C7H10BrNO4. The lowest BCUT2D eigenvalue weighted by Crippen LogP contribution is -2.31. The van der Waals surface area contributed by atoms with Gasteiger partial charge in [-0.2, -0.15) is 0 Å². The van der Waals surface area contributed by atoms with Crippen molar-refractivity contribution in [2.45, 2.75) is 6.42 Å². The van der Waals surface area contributed by atoms with Gasteiger partial charge in [0.2, 0.25) is 5.91 Å². The third-order valence-corrected chi connectivity index (χ3v) is 1.79. The van der Waals surface area contributed by atoms with Gasteiger partial charge in [-0.15, -0.1) is 0 Å². The van der Waals surface area contributed by atoms with Crippen LogP contribution in [-0.4, -0.2) is 36.6 Å². The zero-order valence-corrected chi connectivity index (χ0v) is 8.72. The lowest BCUT2D eigenvalue weighted by Gasteiger charge is -2.01. The SMILES string of the molecule is COC(=O)CNC(=O)CC(=O)CBr. The predicted octanol–water partition coefficient (Wildman–Crippen LogP) is -0.370. The van der Waals surface area contributed by atoms with Crippen molar-refractivity contribution in [3.8, 4) is 0 Å². The topological polar surface area (TPSA) is 72.5 Å². The van der Waals surface area contributed by atoms with Gasteiger partial charge in [0.05, 0.1) is 18.9 Å². The largest absolute Gasteiger partial charge is 0.468 e. The van der Waals surface area contributed by atoms with Gasteiger partial charge in [0.25, 0.3) is 0 Å². The number of alkyl halides is 1. The third kappa shape index (κ3) is 6.27. The van der Waals surface area contributed by atoms with Crippen LogP contribution in [0.4, 0.5) is 0 Å². The van der Waals surface area contributed by atoms with Crippen LogP contribution in [0.2, 0.25) is 0 Å². The Kier molecular flexibility index (Phi) is 6.13. The fourth-order valence-electron chi connectivity index (χ4n) is 0.532. The van der Waals surface area contributed by atoms with Gasteiger partial charge in [-0.3, -0.25) is 14.4 Å². The van der Waals surface area contributed by atoms with Crippen LogP contribution in [0.25, 0.3) is 0 Å². The van der Waals surface area contributed by atoms with Crippen LogP contribution in [0.1, 0.15) is 6.42 Å². The van der Waals surface area contributed by atoms with Gasteiger partial charge in [-0.1, -0.05) is 15.9 Å². The number of Topliss-reactive ketones (excluding diaryl/α,β-unsaturated/α-hetero) is 1. The van der Waals surface area contributed by atoms with Crippen molar-refractivity contribution >= 4 is 33.6 Å². The first-order valence-electron chi connectivity index (χ1n) is 3.51. The first-order valence-corrected chi connectivity index (χ1v) is 4.63. The number of carbonyl (C=O) groups excluding carboxylic acids is 3. The van der Waals surface area contributed by atoms with Gasteiger partial charge in [-0.05, 0) is 0 Å². The molecule has 0 aliphatic carbocycles. The van der Waals surface area contributed by atoms with E-state index in [1.54, 1.807) is 0 Å². The second kappa shape index (κ2) is 6.59. The van der Waals surface area contributed by atoms with Crippen molar-refractivity contribution in [1.82, 2.24) is 5.32 Å². The molecule has 0 aliphatic rings. The summed E-state index contributed by atoms with van der Waals surface area (Å²) in [5.41, 5.74) is 0. The number of ether oxygens (including phenoxy) is 1. The summed E-state index contributed by atoms with van der Waals surface area (Å²) in [6.45, 7) is -0.203. The van der Waals surface area contributed by atoms with E-state index in [2.05, 4.69) is 26.0 Å². The van der Waals surface area contributed by atoms with Crippen molar-refractivity contribution < 1.29 is 19.1 Å². The molecular weight excluding hydrogens is 242 g/mol. The summed E-state index contributed by atoms with van der Waals surface area (Å²) in [4.78, 5) is 32.1. The summed E-state index contributed by atoms with van der Waals surface area (Å²) in [5, 5.41) is 2.38. The van der Waals surface area contributed by atoms with E-state index in [0.717, 1.165) is 0 Å². The van der Waals surface area contributed by atoms with Crippen molar-refractivity contribution in [2.24, 2.45) is 0 Å². The fraction of sp³-hybridized carbons (Fsp3) is 0.571. The predicted molar refractivity (Wildman–Crippen MR) is 48.4 cm³/mol. The van der Waals surface area contributed by atoms with Crippen LogP contribution in [0.15, 0.2) is 0 Å². The van der Waals surface area contributed by atoms with E-state index in [4.69, 9.17) is 0 Å². The van der Waals surface area contributed by atoms with Crippen LogP contribution < -0.4 is 5.32 Å². The number of amides is 1. The lowest BCUT2D eigenvalue weighted by molar-refractivity contribution is -0.141. The molecule has 0 saturated carbocycles. The maximum absolute atomic E-state index is 10.9. The molecule has 5 nitrogen and oxygen atoms in total. The Morgan fingerprint density at radius 3 is 2.46 bits per heavy atom. The molecule has 0 bridgehead atoms. The molecule has 0 aromatic heterocycles. The molecule has 0 aromatic carbocycles. The van der Waals surface area contributed by atoms with Gasteiger partial charge in [-0.25, -0.2) is 0 Å². The average Bonchev–Trinajstić information content (AvgIpc) is 2.13. The van der Waals surface area contributed by atoms with Crippen molar-refractivity contribution in [2.75, 3.05) is 19.0 Å². The number of carbonyl (C=O) groups is 3. The van der Waals surface area contributed by atoms with Crippen LogP contribution in [0, 0.1) is 0 Å². The van der Waals surface area contributed by atoms with Crippen LogP contribution >= 0.6 is 15.9 Å². The molecule has 0 atom stereocenters. The minimum absolute atomic E-state index is 0.138. The smallest absolute Gasteiger partial charge is 0.325 e. The molecule has 1 amide bonds. The van der Waals surface area contributed by atoms with Crippen LogP contribution in [0.3, 0.4) is 0 Å². The lowest BCUT2D eigenvalue weighted by atomic mass is 10.3. The Morgan fingerprint density at radius 2 is 2.00 bits per heavy atom. The minimum Gasteiger partial charge on any atom is -0.468 e. The van der Waals surface area contributed by atoms with Crippen LogP contribution in [-0.2, 0) is 19.1 Å². The summed E-state index contributed by atoms with van der Waals surface area (Å²) in [5.74, 6) is -1.25. The van der Waals surface area contributed by atoms with E-state index < -0.39 is 11.9 Å². The van der Waals surface area contributed by atoms with Crippen LogP contribution in [0.5, 0.6) is 0 Å². The normalized spacial score (nSPS) is 9.08. The molecule has 0 aromatic rings. The number of rotatable bonds is 5. The number of halogens is 1. The van der Waals surface area contributed by atoms with Gasteiger partial charge in [0, 0.05) is 0 Å². The number of hydrogen-bond acceptors (Lipinski definition) is 4. The number of nitrogens with one attached hydrogen (secondary N) is 1. The van der Waals surface area contributed by atoms with Crippen molar-refractivity contribution in [3.05, 3.63) is 0 Å². The second-order valence-corrected chi connectivity index (χ2v) is 2.76. The molecule has 0 unspecified atom stereocenters. The monoisotopic (exact) mass is 251 g/mol. The molecule has 0 radical (unpaired) electrons. The molecule has 1 N–H and O–H groups in total. The molecule has 0 rings (SSSR count). The standard InChI is InChI=1S/C7H10BrNO4/c1-13-7(12)4-9-6(11)2-5(10)3-8/h2-4H2,1H3,(H,9,11). The van der Waals surface area contributed by atoms with Gasteiger partial charge < -0.3 is 10.1 Å². The van der Waals surface area contributed by atoms with Gasteiger partial charge >= 0.3 is 5.97 Å². The maximum atomic E-state index is 10.9. The minimum atomic E-state index is -0.542. The quantitative estimate of drug-likeness (QED) is 0.411. The molecule has 0 fully saturated rings. The first-order chi connectivity index (χ1) is 6.10. The Hall–Kier alpha value is -0.910. The number of hydrogen-bond donors (Lipinski definition) is 1. The van der Waals surface area contributed by atoms with Gasteiger partial charge in [0.15, 0.2) is 5.78 Å². The number of methoxy groups -OCH3 is 1. The van der Waals surface area contributed by atoms with E-state index >= 15 is 0 Å². The summed E-state index contributed by atoms with van der Waals surface area (Å²) in [6.07, 6.45) is -0.220. The van der Waals surface area contributed by atoms with Crippen molar-refractivity contribution in [3.63, 3.8) is 0 Å². The zero-order chi connectivity index (χ0) is 10.3. The fourth-order valence-corrected chi connectivity index (χ4v) is 0.730. The Labute approximate surface area is 83.9 Å². The van der Waals surface area contributed by atoms with E-state index in [0.29, 0.717) is 0 Å². The Balaban J connectivity index is 3.63. The summed E-state index contributed by atoms with van der Waals surface area (Å²) < 4.78 is 4.28.